The van der Waals surface area contributed by atoms with E-state index < -0.39 is 5.97 Å². The van der Waals surface area contributed by atoms with Gasteiger partial charge in [0, 0.05) is 18.5 Å². The maximum Gasteiger partial charge on any atom is 0.325 e. The van der Waals surface area contributed by atoms with E-state index in [-0.39, 0.29) is 55.8 Å². The molecule has 1 aromatic carbocycles. The fourth-order valence-corrected chi connectivity index (χ4v) is 3.00. The highest BCUT2D eigenvalue weighted by Crippen LogP contribution is 2.20. The van der Waals surface area contributed by atoms with Crippen LogP contribution in [0.2, 0.25) is 0 Å². The van der Waals surface area contributed by atoms with Crippen LogP contribution in [0.5, 0.6) is 0 Å². The molecule has 0 saturated carbocycles. The van der Waals surface area contributed by atoms with Crippen molar-refractivity contribution in [1.82, 2.24) is 10.2 Å². The molecule has 1 heterocycles. The van der Waals surface area contributed by atoms with Crippen LogP contribution in [0.15, 0.2) is 24.3 Å². The Bertz CT molecular complexity index is 568. The van der Waals surface area contributed by atoms with Gasteiger partial charge in [-0.1, -0.05) is 12.1 Å². The topological polar surface area (TPSA) is 58.6 Å². The summed E-state index contributed by atoms with van der Waals surface area (Å²) in [5.41, 5.74) is 0.788. The van der Waals surface area contributed by atoms with Crippen LogP contribution >= 0.6 is 12.4 Å². The van der Waals surface area contributed by atoms with Gasteiger partial charge in [0.2, 0.25) is 5.91 Å². The summed E-state index contributed by atoms with van der Waals surface area (Å²) in [6.45, 7) is 5.05. The molecule has 1 saturated heterocycles. The first-order valence-corrected chi connectivity index (χ1v) is 8.41. The van der Waals surface area contributed by atoms with E-state index in [0.717, 1.165) is 24.9 Å². The molecule has 1 aromatic rings. The predicted octanol–water partition coefficient (Wildman–Crippen LogP) is 2.53. The van der Waals surface area contributed by atoms with Crippen molar-refractivity contribution in [2.75, 3.05) is 19.7 Å². The second-order valence-electron chi connectivity index (χ2n) is 6.20. The third-order valence-corrected chi connectivity index (χ3v) is 4.20. The molecule has 0 aliphatic carbocycles. The smallest absolute Gasteiger partial charge is 0.325 e. The molecule has 0 unspecified atom stereocenters. The van der Waals surface area contributed by atoms with Crippen molar-refractivity contribution in [1.29, 1.82) is 0 Å². The molecular weight excluding hydrogens is 347 g/mol. The van der Waals surface area contributed by atoms with Crippen molar-refractivity contribution in [3.8, 4) is 0 Å². The summed E-state index contributed by atoms with van der Waals surface area (Å²) in [7, 11) is 0. The standard InChI is InChI=1S/C18H25FN2O3.ClH/c1-3-24-17(22)12-21(11-14-4-6-16(19)7-5-14)18(23)15-8-9-20-13(2)10-15;/h4-7,13,15,20H,3,8-12H2,1-2H3;1H/t13-,15-;/m0./s1. The van der Waals surface area contributed by atoms with Crippen LogP contribution < -0.4 is 5.32 Å². The predicted molar refractivity (Wildman–Crippen MR) is 95.9 cm³/mol. The number of benzene rings is 1. The van der Waals surface area contributed by atoms with Crippen LogP contribution in [-0.4, -0.2) is 42.5 Å². The summed E-state index contributed by atoms with van der Waals surface area (Å²) in [5, 5.41) is 3.32. The summed E-state index contributed by atoms with van der Waals surface area (Å²) >= 11 is 0. The summed E-state index contributed by atoms with van der Waals surface area (Å²) in [5.74, 6) is -0.888. The number of hydrogen-bond acceptors (Lipinski definition) is 4. The van der Waals surface area contributed by atoms with Gasteiger partial charge in [0.25, 0.3) is 0 Å². The first-order chi connectivity index (χ1) is 11.5. The second-order valence-corrected chi connectivity index (χ2v) is 6.20. The number of rotatable bonds is 6. The summed E-state index contributed by atoms with van der Waals surface area (Å²) in [4.78, 5) is 26.3. The van der Waals surface area contributed by atoms with Crippen LogP contribution in [-0.2, 0) is 20.9 Å². The quantitative estimate of drug-likeness (QED) is 0.779. The molecule has 1 aliphatic rings. The minimum atomic E-state index is -0.421. The Labute approximate surface area is 154 Å². The molecule has 1 fully saturated rings. The molecule has 1 N–H and O–H groups in total. The number of piperidine rings is 1. The number of carbonyl (C=O) groups excluding carboxylic acids is 2. The van der Waals surface area contributed by atoms with E-state index in [9.17, 15) is 14.0 Å². The first kappa shape index (κ1) is 21.4. The van der Waals surface area contributed by atoms with Crippen molar-refractivity contribution in [2.24, 2.45) is 5.92 Å². The highest BCUT2D eigenvalue weighted by Gasteiger charge is 2.29. The van der Waals surface area contributed by atoms with Gasteiger partial charge in [0.05, 0.1) is 6.61 Å². The van der Waals surface area contributed by atoms with Crippen molar-refractivity contribution in [3.63, 3.8) is 0 Å². The Hall–Kier alpha value is -1.66. The Morgan fingerprint density at radius 1 is 1.32 bits per heavy atom. The van der Waals surface area contributed by atoms with Crippen molar-refractivity contribution >= 4 is 24.3 Å². The van der Waals surface area contributed by atoms with Gasteiger partial charge in [-0.15, -0.1) is 12.4 Å². The molecule has 2 rings (SSSR count). The average molecular weight is 373 g/mol. The number of ether oxygens (including phenoxy) is 1. The lowest BCUT2D eigenvalue weighted by atomic mass is 9.92. The van der Waals surface area contributed by atoms with Crippen molar-refractivity contribution < 1.29 is 18.7 Å². The maximum atomic E-state index is 13.1. The minimum absolute atomic E-state index is 0. The van der Waals surface area contributed by atoms with E-state index in [1.165, 1.54) is 17.0 Å². The fourth-order valence-electron chi connectivity index (χ4n) is 3.00. The number of nitrogens with one attached hydrogen (secondary N) is 1. The van der Waals surface area contributed by atoms with Crippen LogP contribution in [0.3, 0.4) is 0 Å². The molecular formula is C18H26ClFN2O3. The molecule has 0 bridgehead atoms. The number of esters is 1. The average Bonchev–Trinajstić information content (AvgIpc) is 2.56. The van der Waals surface area contributed by atoms with Gasteiger partial charge >= 0.3 is 5.97 Å². The number of halogens is 2. The Morgan fingerprint density at radius 3 is 2.60 bits per heavy atom. The summed E-state index contributed by atoms with van der Waals surface area (Å²) in [6.07, 6.45) is 1.51. The Morgan fingerprint density at radius 2 is 2.00 bits per heavy atom. The van der Waals surface area contributed by atoms with E-state index in [1.54, 1.807) is 19.1 Å². The van der Waals surface area contributed by atoms with E-state index in [4.69, 9.17) is 4.74 Å². The van der Waals surface area contributed by atoms with Crippen LogP contribution in [0.25, 0.3) is 0 Å². The number of amides is 1. The molecule has 1 aliphatic heterocycles. The van der Waals surface area contributed by atoms with E-state index in [0.29, 0.717) is 0 Å². The lowest BCUT2D eigenvalue weighted by Gasteiger charge is -2.31. The number of nitrogens with zero attached hydrogens (tertiary/aromatic N) is 1. The fraction of sp³-hybridized carbons (Fsp3) is 0.556. The molecule has 0 spiro atoms. The van der Waals surface area contributed by atoms with Gasteiger partial charge in [-0.3, -0.25) is 9.59 Å². The largest absolute Gasteiger partial charge is 0.465 e. The van der Waals surface area contributed by atoms with Gasteiger partial charge in [0.15, 0.2) is 0 Å². The van der Waals surface area contributed by atoms with Gasteiger partial charge in [-0.2, -0.15) is 0 Å². The minimum Gasteiger partial charge on any atom is -0.465 e. The van der Waals surface area contributed by atoms with Gasteiger partial charge < -0.3 is 15.0 Å². The third-order valence-electron chi connectivity index (χ3n) is 4.20. The third kappa shape index (κ3) is 6.63. The van der Waals surface area contributed by atoms with Gasteiger partial charge in [0.1, 0.15) is 12.4 Å². The van der Waals surface area contributed by atoms with E-state index >= 15 is 0 Å². The number of carbonyl (C=O) groups is 2. The molecule has 2 atom stereocenters. The van der Waals surface area contributed by atoms with Crippen molar-refractivity contribution in [2.45, 2.75) is 39.3 Å². The van der Waals surface area contributed by atoms with Crippen LogP contribution in [0.4, 0.5) is 4.39 Å². The lowest BCUT2D eigenvalue weighted by molar-refractivity contribution is -0.151. The second kappa shape index (κ2) is 10.4. The maximum absolute atomic E-state index is 13.1. The lowest BCUT2D eigenvalue weighted by Crippen LogP contribution is -2.45. The number of hydrogen-bond donors (Lipinski definition) is 1. The zero-order valence-electron chi connectivity index (χ0n) is 14.7. The summed E-state index contributed by atoms with van der Waals surface area (Å²) < 4.78 is 18.0. The molecule has 25 heavy (non-hydrogen) atoms. The van der Waals surface area contributed by atoms with Crippen LogP contribution in [0, 0.1) is 11.7 Å². The monoisotopic (exact) mass is 372 g/mol. The van der Waals surface area contributed by atoms with Gasteiger partial charge in [-0.25, -0.2) is 4.39 Å². The van der Waals surface area contributed by atoms with E-state index in [2.05, 4.69) is 12.2 Å². The molecule has 7 heteroatoms. The normalized spacial score (nSPS) is 19.6. The highest BCUT2D eigenvalue weighted by atomic mass is 35.5. The summed E-state index contributed by atoms with van der Waals surface area (Å²) in [6, 6.07) is 6.25. The van der Waals surface area contributed by atoms with Crippen molar-refractivity contribution in [3.05, 3.63) is 35.6 Å². The molecule has 140 valence electrons. The zero-order valence-corrected chi connectivity index (χ0v) is 15.5. The Kier molecular flexibility index (Phi) is 8.86. The van der Waals surface area contributed by atoms with E-state index in [1.807, 2.05) is 0 Å². The molecule has 5 nitrogen and oxygen atoms in total. The SMILES string of the molecule is CCOC(=O)CN(Cc1ccc(F)cc1)C(=O)[C@H]1CCN[C@@H](C)C1.Cl. The first-order valence-electron chi connectivity index (χ1n) is 8.41. The molecule has 0 radical (unpaired) electrons. The van der Waals surface area contributed by atoms with Crippen LogP contribution in [0.1, 0.15) is 32.3 Å². The Balaban J connectivity index is 0.00000312. The molecule has 1 amide bonds. The highest BCUT2D eigenvalue weighted by molar-refractivity contribution is 5.85. The van der Waals surface area contributed by atoms with Gasteiger partial charge in [-0.05, 0) is 50.9 Å². The zero-order chi connectivity index (χ0) is 17.5. The molecule has 0 aromatic heterocycles.